The number of nitrogens with two attached hydrogens (primary N) is 1. The summed E-state index contributed by atoms with van der Waals surface area (Å²) in [6, 6.07) is 18.4. The Morgan fingerprint density at radius 3 is 2.56 bits per heavy atom. The minimum Gasteiger partial charge on any atom is -0.496 e. The summed E-state index contributed by atoms with van der Waals surface area (Å²) in [7, 11) is 1.37. The number of carbonyl (C=O) groups is 1. The second kappa shape index (κ2) is 9.26. The average Bonchev–Trinajstić information content (AvgIpc) is 3.22. The first-order chi connectivity index (χ1) is 16.2. The minimum absolute atomic E-state index is 0.00348. The van der Waals surface area contributed by atoms with E-state index in [2.05, 4.69) is 15.5 Å². The average molecular weight is 480 g/mol. The second-order valence-corrected chi connectivity index (χ2v) is 9.56. The normalized spacial score (nSPS) is 12.6. The molecule has 34 heavy (non-hydrogen) atoms. The van der Waals surface area contributed by atoms with Crippen LogP contribution in [0.4, 0.5) is 5.69 Å². The Kier molecular flexibility index (Phi) is 6.38. The largest absolute Gasteiger partial charge is 0.496 e. The van der Waals surface area contributed by atoms with Crippen molar-refractivity contribution in [1.29, 1.82) is 0 Å². The monoisotopic (exact) mass is 479 g/mol. The zero-order valence-corrected chi connectivity index (χ0v) is 19.8. The van der Waals surface area contributed by atoms with Crippen molar-refractivity contribution in [3.05, 3.63) is 72.3 Å². The van der Waals surface area contributed by atoms with Gasteiger partial charge in [-0.25, -0.2) is 13.6 Å². The smallest absolute Gasteiger partial charge is 0.246 e. The van der Waals surface area contributed by atoms with Crippen molar-refractivity contribution in [2.75, 3.05) is 26.5 Å². The molecule has 10 heteroatoms. The predicted octanol–water partition coefficient (Wildman–Crippen LogP) is 3.13. The number of hydrogen-bond donors (Lipinski definition) is 3. The Bertz CT molecular complexity index is 1460. The molecule has 4 aromatic rings. The van der Waals surface area contributed by atoms with Crippen molar-refractivity contribution in [2.45, 2.75) is 10.9 Å². The van der Waals surface area contributed by atoms with E-state index >= 15 is 0 Å². The quantitative estimate of drug-likeness (QED) is 0.373. The molecule has 1 aromatic heterocycles. The van der Waals surface area contributed by atoms with Crippen LogP contribution >= 0.6 is 0 Å². The molecule has 0 fully saturated rings. The highest BCUT2D eigenvalue weighted by Gasteiger charge is 2.26. The highest BCUT2D eigenvalue weighted by molar-refractivity contribution is 7.89. The van der Waals surface area contributed by atoms with E-state index < -0.39 is 16.1 Å². The van der Waals surface area contributed by atoms with Gasteiger partial charge in [-0.2, -0.15) is 5.10 Å². The number of rotatable bonds is 7. The van der Waals surface area contributed by atoms with Gasteiger partial charge in [0.05, 0.1) is 17.5 Å². The Balaban J connectivity index is 1.69. The van der Waals surface area contributed by atoms with Crippen LogP contribution in [-0.4, -0.2) is 50.6 Å². The SMILES string of the molecule is COc1ccccc1C(C(=O)Nc1ccc2[nH]nc(-c3cccc(S(N)(=O)=O)c3)c2c1)N(C)C. The van der Waals surface area contributed by atoms with Gasteiger partial charge in [0.2, 0.25) is 15.9 Å². The number of aromatic nitrogens is 2. The molecule has 0 spiro atoms. The van der Waals surface area contributed by atoms with Crippen molar-refractivity contribution in [3.8, 4) is 17.0 Å². The van der Waals surface area contributed by atoms with Gasteiger partial charge >= 0.3 is 0 Å². The van der Waals surface area contributed by atoms with Crippen LogP contribution in [0.25, 0.3) is 22.2 Å². The zero-order valence-electron chi connectivity index (χ0n) is 18.9. The summed E-state index contributed by atoms with van der Waals surface area (Å²) in [5.74, 6) is 0.397. The number of nitrogens with zero attached hydrogens (tertiary/aromatic N) is 2. The highest BCUT2D eigenvalue weighted by Crippen LogP contribution is 2.32. The van der Waals surface area contributed by atoms with Crippen LogP contribution in [0.3, 0.4) is 0 Å². The van der Waals surface area contributed by atoms with Crippen molar-refractivity contribution >= 4 is 32.5 Å². The van der Waals surface area contributed by atoms with Gasteiger partial charge in [-0.3, -0.25) is 14.8 Å². The van der Waals surface area contributed by atoms with Crippen molar-refractivity contribution < 1.29 is 17.9 Å². The standard InChI is InChI=1S/C24H25N5O4S/c1-29(2)23(18-9-4-5-10-21(18)33-3)24(30)26-16-11-12-20-19(14-16)22(28-27-20)15-7-6-8-17(13-15)34(25,31)32/h4-14,23H,1-3H3,(H,26,30)(H,27,28)(H2,25,31,32). The van der Waals surface area contributed by atoms with E-state index in [-0.39, 0.29) is 10.8 Å². The predicted molar refractivity (Wildman–Crippen MR) is 131 cm³/mol. The van der Waals surface area contributed by atoms with Crippen LogP contribution < -0.4 is 15.2 Å². The molecular formula is C24H25N5O4S. The number of likely N-dealkylation sites (N-methyl/N-ethyl adjacent to an activating group) is 1. The number of methoxy groups -OCH3 is 1. The number of fused-ring (bicyclic) bond motifs is 1. The number of sulfonamides is 1. The van der Waals surface area contributed by atoms with E-state index in [4.69, 9.17) is 9.88 Å². The van der Waals surface area contributed by atoms with E-state index in [0.29, 0.717) is 22.7 Å². The molecule has 3 aromatic carbocycles. The van der Waals surface area contributed by atoms with Crippen molar-refractivity contribution in [2.24, 2.45) is 5.14 Å². The van der Waals surface area contributed by atoms with Crippen LogP contribution in [0.2, 0.25) is 0 Å². The number of nitrogens with one attached hydrogen (secondary N) is 2. The number of primary sulfonamides is 1. The molecule has 176 valence electrons. The lowest BCUT2D eigenvalue weighted by Gasteiger charge is -2.25. The lowest BCUT2D eigenvalue weighted by atomic mass is 10.0. The molecule has 0 radical (unpaired) electrons. The van der Waals surface area contributed by atoms with E-state index in [1.54, 1.807) is 37.4 Å². The molecule has 4 rings (SSSR count). The fourth-order valence-electron chi connectivity index (χ4n) is 3.89. The number of para-hydroxylation sites is 1. The Morgan fingerprint density at radius 2 is 1.85 bits per heavy atom. The molecule has 0 bridgehead atoms. The number of H-pyrrole nitrogens is 1. The topological polar surface area (TPSA) is 130 Å². The summed E-state index contributed by atoms with van der Waals surface area (Å²) in [4.78, 5) is 15.1. The molecule has 4 N–H and O–H groups in total. The first-order valence-corrected chi connectivity index (χ1v) is 11.9. The summed E-state index contributed by atoms with van der Waals surface area (Å²) in [6.07, 6.45) is 0. The van der Waals surface area contributed by atoms with Crippen LogP contribution in [0.15, 0.2) is 71.6 Å². The molecule has 1 atom stereocenters. The molecule has 1 unspecified atom stereocenters. The molecule has 1 amide bonds. The molecule has 0 saturated heterocycles. The highest BCUT2D eigenvalue weighted by atomic mass is 32.2. The first-order valence-electron chi connectivity index (χ1n) is 10.4. The molecule has 0 aliphatic heterocycles. The summed E-state index contributed by atoms with van der Waals surface area (Å²) < 4.78 is 29.0. The van der Waals surface area contributed by atoms with E-state index in [0.717, 1.165) is 16.5 Å². The molecule has 9 nitrogen and oxygen atoms in total. The van der Waals surface area contributed by atoms with Crippen LogP contribution in [-0.2, 0) is 14.8 Å². The molecule has 0 aliphatic carbocycles. The number of carbonyl (C=O) groups excluding carboxylic acids is 1. The number of ether oxygens (including phenoxy) is 1. The fraction of sp³-hybridized carbons (Fsp3) is 0.167. The van der Waals surface area contributed by atoms with Gasteiger partial charge in [-0.15, -0.1) is 0 Å². The van der Waals surface area contributed by atoms with Crippen LogP contribution in [0, 0.1) is 0 Å². The van der Waals surface area contributed by atoms with Crippen molar-refractivity contribution in [3.63, 3.8) is 0 Å². The molecule has 0 aliphatic rings. The van der Waals surface area contributed by atoms with Gasteiger partial charge in [0, 0.05) is 22.2 Å². The Morgan fingerprint density at radius 1 is 1.09 bits per heavy atom. The van der Waals surface area contributed by atoms with E-state index in [1.807, 2.05) is 43.3 Å². The summed E-state index contributed by atoms with van der Waals surface area (Å²) in [5.41, 5.74) is 3.19. The van der Waals surface area contributed by atoms with Gasteiger partial charge < -0.3 is 10.1 Å². The number of amides is 1. The first kappa shape index (κ1) is 23.4. The lowest BCUT2D eigenvalue weighted by Crippen LogP contribution is -2.32. The molecular weight excluding hydrogens is 454 g/mol. The maximum atomic E-state index is 13.3. The van der Waals surface area contributed by atoms with Gasteiger partial charge in [0.15, 0.2) is 0 Å². The number of aromatic amines is 1. The third-order valence-electron chi connectivity index (χ3n) is 5.46. The lowest BCUT2D eigenvalue weighted by molar-refractivity contribution is -0.120. The molecule has 0 saturated carbocycles. The maximum absolute atomic E-state index is 13.3. The van der Waals surface area contributed by atoms with Crippen LogP contribution in [0.1, 0.15) is 11.6 Å². The Labute approximate surface area is 197 Å². The van der Waals surface area contributed by atoms with Crippen molar-refractivity contribution in [1.82, 2.24) is 15.1 Å². The fourth-order valence-corrected chi connectivity index (χ4v) is 4.45. The zero-order chi connectivity index (χ0) is 24.5. The second-order valence-electron chi connectivity index (χ2n) is 8.00. The molecule has 1 heterocycles. The third-order valence-corrected chi connectivity index (χ3v) is 6.38. The maximum Gasteiger partial charge on any atom is 0.246 e. The number of anilines is 1. The summed E-state index contributed by atoms with van der Waals surface area (Å²) in [5, 5.41) is 16.3. The minimum atomic E-state index is -3.85. The van der Waals surface area contributed by atoms with Gasteiger partial charge in [0.1, 0.15) is 17.5 Å². The van der Waals surface area contributed by atoms with E-state index in [9.17, 15) is 13.2 Å². The summed E-state index contributed by atoms with van der Waals surface area (Å²) in [6.45, 7) is 0. The van der Waals surface area contributed by atoms with Gasteiger partial charge in [0.25, 0.3) is 0 Å². The number of benzene rings is 3. The summed E-state index contributed by atoms with van der Waals surface area (Å²) >= 11 is 0. The van der Waals surface area contributed by atoms with E-state index in [1.165, 1.54) is 12.1 Å². The van der Waals surface area contributed by atoms with Crippen LogP contribution in [0.5, 0.6) is 5.75 Å². The third kappa shape index (κ3) is 4.65. The number of hydrogen-bond acceptors (Lipinski definition) is 6. The van der Waals surface area contributed by atoms with Gasteiger partial charge in [-0.05, 0) is 50.5 Å². The van der Waals surface area contributed by atoms with Gasteiger partial charge in [-0.1, -0.05) is 30.3 Å². The Hall–Kier alpha value is -3.73.